The van der Waals surface area contributed by atoms with Crippen molar-refractivity contribution in [2.75, 3.05) is 26.1 Å². The molecule has 0 aliphatic heterocycles. The number of carbonyl (C=O) groups excluding carboxylic acids is 2. The zero-order chi connectivity index (χ0) is 23.6. The Balaban J connectivity index is 1.55. The monoisotopic (exact) mass is 447 g/mol. The molecule has 0 atom stereocenters. The molecule has 0 spiro atoms. The summed E-state index contributed by atoms with van der Waals surface area (Å²) in [5.41, 5.74) is 5.41. The third kappa shape index (κ3) is 6.83. The van der Waals surface area contributed by atoms with Crippen LogP contribution < -0.4 is 25.0 Å². The number of amides is 2. The predicted octanol–water partition coefficient (Wildman–Crippen LogP) is 3.79. The van der Waals surface area contributed by atoms with Crippen LogP contribution in [0.4, 0.5) is 5.69 Å². The van der Waals surface area contributed by atoms with Crippen LogP contribution in [0.15, 0.2) is 71.8 Å². The second-order valence-corrected chi connectivity index (χ2v) is 7.04. The highest BCUT2D eigenvalue weighted by molar-refractivity contribution is 5.95. The Morgan fingerprint density at radius 3 is 2.30 bits per heavy atom. The van der Waals surface area contributed by atoms with Gasteiger partial charge in [-0.05, 0) is 67.1 Å². The van der Waals surface area contributed by atoms with Gasteiger partial charge in [0.2, 0.25) is 0 Å². The summed E-state index contributed by atoms with van der Waals surface area (Å²) < 4.78 is 16.0. The van der Waals surface area contributed by atoms with Gasteiger partial charge in [0.15, 0.2) is 18.1 Å². The molecule has 33 heavy (non-hydrogen) atoms. The molecule has 0 radical (unpaired) electrons. The summed E-state index contributed by atoms with van der Waals surface area (Å²) in [7, 11) is 3.06. The Kier molecular flexibility index (Phi) is 8.02. The summed E-state index contributed by atoms with van der Waals surface area (Å²) in [6.07, 6.45) is 1.48. The van der Waals surface area contributed by atoms with Crippen LogP contribution in [0.5, 0.6) is 17.2 Å². The third-order valence-corrected chi connectivity index (χ3v) is 4.61. The van der Waals surface area contributed by atoms with Crippen LogP contribution in [-0.4, -0.2) is 38.9 Å². The molecule has 3 aromatic rings. The van der Waals surface area contributed by atoms with Crippen molar-refractivity contribution in [1.29, 1.82) is 0 Å². The fourth-order valence-electron chi connectivity index (χ4n) is 2.83. The number of nitrogens with one attached hydrogen (secondary N) is 2. The predicted molar refractivity (Wildman–Crippen MR) is 126 cm³/mol. The maximum atomic E-state index is 12.2. The summed E-state index contributed by atoms with van der Waals surface area (Å²) in [6.45, 7) is 1.81. The molecule has 170 valence electrons. The zero-order valence-electron chi connectivity index (χ0n) is 18.6. The zero-order valence-corrected chi connectivity index (χ0v) is 18.6. The van der Waals surface area contributed by atoms with Gasteiger partial charge in [-0.25, -0.2) is 5.43 Å². The molecule has 0 heterocycles. The molecule has 0 aliphatic carbocycles. The Hall–Kier alpha value is -4.33. The van der Waals surface area contributed by atoms with Gasteiger partial charge in [-0.3, -0.25) is 9.59 Å². The van der Waals surface area contributed by atoms with Gasteiger partial charge in [-0.15, -0.1) is 0 Å². The van der Waals surface area contributed by atoms with E-state index in [4.69, 9.17) is 14.2 Å². The van der Waals surface area contributed by atoms with Gasteiger partial charge < -0.3 is 19.5 Å². The van der Waals surface area contributed by atoms with E-state index in [0.29, 0.717) is 34.1 Å². The van der Waals surface area contributed by atoms with Gasteiger partial charge in [0.25, 0.3) is 11.8 Å². The number of rotatable bonds is 9. The molecule has 0 aliphatic rings. The molecule has 0 aromatic heterocycles. The molecule has 8 heteroatoms. The average molecular weight is 447 g/mol. The highest BCUT2D eigenvalue weighted by Crippen LogP contribution is 2.27. The lowest BCUT2D eigenvalue weighted by Gasteiger charge is -2.11. The minimum Gasteiger partial charge on any atom is -0.497 e. The van der Waals surface area contributed by atoms with E-state index in [2.05, 4.69) is 15.8 Å². The highest BCUT2D eigenvalue weighted by atomic mass is 16.5. The van der Waals surface area contributed by atoms with Crippen molar-refractivity contribution in [3.8, 4) is 17.2 Å². The topological polar surface area (TPSA) is 98.3 Å². The summed E-state index contributed by atoms with van der Waals surface area (Å²) in [5, 5.41) is 6.75. The number of hydrazone groups is 1. The van der Waals surface area contributed by atoms with E-state index in [9.17, 15) is 9.59 Å². The maximum Gasteiger partial charge on any atom is 0.271 e. The van der Waals surface area contributed by atoms with Crippen LogP contribution in [0.3, 0.4) is 0 Å². The molecular weight excluding hydrogens is 422 g/mol. The molecule has 0 fully saturated rings. The number of anilines is 1. The van der Waals surface area contributed by atoms with Crippen molar-refractivity contribution in [3.63, 3.8) is 0 Å². The van der Waals surface area contributed by atoms with Crippen molar-refractivity contribution in [2.45, 2.75) is 6.92 Å². The van der Waals surface area contributed by atoms with E-state index in [0.717, 1.165) is 5.56 Å². The van der Waals surface area contributed by atoms with Gasteiger partial charge >= 0.3 is 0 Å². The van der Waals surface area contributed by atoms with Gasteiger partial charge in [-0.2, -0.15) is 5.10 Å². The first-order valence-electron chi connectivity index (χ1n) is 10.1. The van der Waals surface area contributed by atoms with Crippen molar-refractivity contribution in [2.24, 2.45) is 5.10 Å². The van der Waals surface area contributed by atoms with Crippen LogP contribution in [0.2, 0.25) is 0 Å². The molecule has 0 unspecified atom stereocenters. The van der Waals surface area contributed by atoms with Gasteiger partial charge in [0, 0.05) is 11.3 Å². The second-order valence-electron chi connectivity index (χ2n) is 7.04. The molecule has 3 aromatic carbocycles. The number of hydrogen-bond donors (Lipinski definition) is 2. The van der Waals surface area contributed by atoms with Gasteiger partial charge in [-0.1, -0.05) is 17.7 Å². The highest BCUT2D eigenvalue weighted by Gasteiger charge is 2.09. The third-order valence-electron chi connectivity index (χ3n) is 4.61. The van der Waals surface area contributed by atoms with E-state index >= 15 is 0 Å². The number of hydrogen-bond acceptors (Lipinski definition) is 6. The van der Waals surface area contributed by atoms with Crippen LogP contribution in [-0.2, 0) is 4.79 Å². The van der Waals surface area contributed by atoms with E-state index in [1.807, 2.05) is 31.2 Å². The molecule has 8 nitrogen and oxygen atoms in total. The van der Waals surface area contributed by atoms with Crippen LogP contribution in [0.25, 0.3) is 0 Å². The quantitative estimate of drug-likeness (QED) is 0.384. The number of nitrogens with zero attached hydrogens (tertiary/aromatic N) is 1. The van der Waals surface area contributed by atoms with E-state index in [1.54, 1.807) is 49.6 Å². The fourth-order valence-corrected chi connectivity index (χ4v) is 2.83. The molecule has 0 bridgehead atoms. The number of aryl methyl sites for hydroxylation is 1. The summed E-state index contributed by atoms with van der Waals surface area (Å²) in [6, 6.07) is 19.3. The lowest BCUT2D eigenvalue weighted by Crippen LogP contribution is -2.20. The normalized spacial score (nSPS) is 10.5. The van der Waals surface area contributed by atoms with Crippen molar-refractivity contribution >= 4 is 23.7 Å². The Labute approximate surface area is 192 Å². The van der Waals surface area contributed by atoms with E-state index < -0.39 is 0 Å². The SMILES string of the molecule is COc1ccc(C(=O)N/N=C\c2ccc(OCC(=O)Nc3ccc(C)cc3)c(OC)c2)cc1. The van der Waals surface area contributed by atoms with Crippen molar-refractivity contribution in [1.82, 2.24) is 5.43 Å². The van der Waals surface area contributed by atoms with Crippen LogP contribution in [0.1, 0.15) is 21.5 Å². The van der Waals surface area contributed by atoms with Crippen LogP contribution >= 0.6 is 0 Å². The summed E-state index contributed by atoms with van der Waals surface area (Å²) >= 11 is 0. The Morgan fingerprint density at radius 1 is 0.909 bits per heavy atom. The number of carbonyl (C=O) groups is 2. The summed E-state index contributed by atoms with van der Waals surface area (Å²) in [5.74, 6) is 0.879. The molecular formula is C25H25N3O5. The van der Waals surface area contributed by atoms with E-state index in [-0.39, 0.29) is 18.4 Å². The largest absolute Gasteiger partial charge is 0.497 e. The average Bonchev–Trinajstić information content (AvgIpc) is 2.84. The first-order chi connectivity index (χ1) is 16.0. The first kappa shape index (κ1) is 23.3. The minimum absolute atomic E-state index is 0.171. The van der Waals surface area contributed by atoms with Crippen molar-refractivity contribution < 1.29 is 23.8 Å². The second kappa shape index (κ2) is 11.3. The van der Waals surface area contributed by atoms with Gasteiger partial charge in [0.1, 0.15) is 5.75 Å². The number of methoxy groups -OCH3 is 2. The maximum absolute atomic E-state index is 12.2. The summed E-state index contributed by atoms with van der Waals surface area (Å²) in [4.78, 5) is 24.3. The first-order valence-corrected chi connectivity index (χ1v) is 10.1. The number of ether oxygens (including phenoxy) is 3. The fraction of sp³-hybridized carbons (Fsp3) is 0.160. The molecule has 2 N–H and O–H groups in total. The molecule has 0 saturated carbocycles. The molecule has 2 amide bonds. The van der Waals surface area contributed by atoms with Gasteiger partial charge in [0.05, 0.1) is 20.4 Å². The Morgan fingerprint density at radius 2 is 1.64 bits per heavy atom. The minimum atomic E-state index is -0.347. The van der Waals surface area contributed by atoms with Crippen molar-refractivity contribution in [3.05, 3.63) is 83.4 Å². The lowest BCUT2D eigenvalue weighted by atomic mass is 10.2. The smallest absolute Gasteiger partial charge is 0.271 e. The van der Waals surface area contributed by atoms with Crippen LogP contribution in [0, 0.1) is 6.92 Å². The standard InChI is InChI=1S/C25H25N3O5/c1-17-4-9-20(10-5-17)27-24(29)16-33-22-13-6-18(14-23(22)32-3)15-26-28-25(30)19-7-11-21(31-2)12-8-19/h4-15H,16H2,1-3H3,(H,27,29)(H,28,30)/b26-15-. The lowest BCUT2D eigenvalue weighted by molar-refractivity contribution is -0.118. The Bertz CT molecular complexity index is 1130. The number of benzene rings is 3. The molecule has 0 saturated heterocycles. The van der Waals surface area contributed by atoms with E-state index in [1.165, 1.54) is 13.3 Å². The molecule has 3 rings (SSSR count).